The minimum absolute atomic E-state index is 0.00692. The number of fused-ring (bicyclic) bond motifs is 1. The van der Waals surface area contributed by atoms with Crippen molar-refractivity contribution < 1.29 is 9.18 Å². The van der Waals surface area contributed by atoms with Gasteiger partial charge in [-0.1, -0.05) is 36.4 Å². The summed E-state index contributed by atoms with van der Waals surface area (Å²) in [5.74, 6) is -0.267. The van der Waals surface area contributed by atoms with Gasteiger partial charge in [0.1, 0.15) is 5.82 Å². The van der Waals surface area contributed by atoms with Crippen LogP contribution in [0, 0.1) is 5.82 Å². The van der Waals surface area contributed by atoms with Gasteiger partial charge >= 0.3 is 0 Å². The van der Waals surface area contributed by atoms with Crippen LogP contribution >= 0.6 is 0 Å². The number of likely N-dealkylation sites (N-methyl/N-ethyl adjacent to an activating group) is 1. The first-order valence-corrected chi connectivity index (χ1v) is 7.44. The number of amides is 1. The van der Waals surface area contributed by atoms with Crippen molar-refractivity contribution in [3.8, 4) is 0 Å². The van der Waals surface area contributed by atoms with Crippen molar-refractivity contribution in [1.29, 1.82) is 0 Å². The molecule has 0 bridgehead atoms. The minimum Gasteiger partial charge on any atom is -0.341 e. The van der Waals surface area contributed by atoms with E-state index in [-0.39, 0.29) is 11.7 Å². The summed E-state index contributed by atoms with van der Waals surface area (Å²) in [6.07, 6.45) is 2.03. The third-order valence-corrected chi connectivity index (χ3v) is 3.82. The van der Waals surface area contributed by atoms with Gasteiger partial charge in [-0.05, 0) is 29.3 Å². The molecule has 0 aliphatic heterocycles. The van der Waals surface area contributed by atoms with Crippen LogP contribution in [0.25, 0.3) is 10.9 Å². The van der Waals surface area contributed by atoms with Gasteiger partial charge in [-0.25, -0.2) is 4.39 Å². The molecule has 1 amide bonds. The molecule has 0 N–H and O–H groups in total. The standard InChI is InChI=1S/C19H17FN2O/c1-22(13-14-7-9-17(20)10-8-14)18(23)12-16-5-2-4-15-6-3-11-21-19(15)16/h2-11H,12-13H2,1H3. The summed E-state index contributed by atoms with van der Waals surface area (Å²) >= 11 is 0. The van der Waals surface area contributed by atoms with Crippen LogP contribution in [-0.2, 0) is 17.8 Å². The molecule has 23 heavy (non-hydrogen) atoms. The highest BCUT2D eigenvalue weighted by atomic mass is 19.1. The van der Waals surface area contributed by atoms with Gasteiger partial charge in [0.05, 0.1) is 11.9 Å². The molecule has 3 nitrogen and oxygen atoms in total. The highest BCUT2D eigenvalue weighted by Gasteiger charge is 2.12. The van der Waals surface area contributed by atoms with E-state index in [1.807, 2.05) is 30.3 Å². The second-order valence-corrected chi connectivity index (χ2v) is 5.55. The third-order valence-electron chi connectivity index (χ3n) is 3.82. The maximum absolute atomic E-state index is 12.9. The molecule has 1 heterocycles. The number of nitrogens with zero attached hydrogens (tertiary/aromatic N) is 2. The summed E-state index contributed by atoms with van der Waals surface area (Å²) in [5, 5.41) is 1.03. The van der Waals surface area contributed by atoms with Crippen molar-refractivity contribution in [2.75, 3.05) is 7.05 Å². The van der Waals surface area contributed by atoms with Crippen LogP contribution in [0.2, 0.25) is 0 Å². The van der Waals surface area contributed by atoms with Gasteiger partial charge in [0.25, 0.3) is 0 Å². The second-order valence-electron chi connectivity index (χ2n) is 5.55. The van der Waals surface area contributed by atoms with Gasteiger partial charge in [0.15, 0.2) is 0 Å². The predicted molar refractivity (Wildman–Crippen MR) is 88.3 cm³/mol. The lowest BCUT2D eigenvalue weighted by Gasteiger charge is -2.17. The number of rotatable bonds is 4. The molecule has 0 aliphatic carbocycles. The first-order chi connectivity index (χ1) is 11.1. The van der Waals surface area contributed by atoms with Crippen LogP contribution in [0.15, 0.2) is 60.8 Å². The molecule has 1 aromatic heterocycles. The SMILES string of the molecule is CN(Cc1ccc(F)cc1)C(=O)Cc1cccc2cccnc12. The van der Waals surface area contributed by atoms with Gasteiger partial charge < -0.3 is 4.90 Å². The second kappa shape index (κ2) is 6.57. The van der Waals surface area contributed by atoms with E-state index in [1.165, 1.54) is 12.1 Å². The predicted octanol–water partition coefficient (Wildman–Crippen LogP) is 3.58. The maximum atomic E-state index is 12.9. The molecule has 0 fully saturated rings. The average molecular weight is 308 g/mol. The van der Waals surface area contributed by atoms with E-state index in [1.54, 1.807) is 30.3 Å². The number of carbonyl (C=O) groups excluding carboxylic acids is 1. The Bertz CT molecular complexity index is 825. The molecule has 0 unspecified atom stereocenters. The number of hydrogen-bond donors (Lipinski definition) is 0. The number of aromatic nitrogens is 1. The summed E-state index contributed by atoms with van der Waals surface area (Å²) in [6, 6.07) is 15.9. The lowest BCUT2D eigenvalue weighted by atomic mass is 10.1. The molecule has 3 aromatic rings. The van der Waals surface area contributed by atoms with E-state index in [0.29, 0.717) is 13.0 Å². The van der Waals surface area contributed by atoms with E-state index in [0.717, 1.165) is 22.0 Å². The maximum Gasteiger partial charge on any atom is 0.227 e. The summed E-state index contributed by atoms with van der Waals surface area (Å²) in [5.41, 5.74) is 2.68. The Morgan fingerprint density at radius 1 is 1.09 bits per heavy atom. The fourth-order valence-corrected chi connectivity index (χ4v) is 2.56. The molecule has 0 aliphatic rings. The van der Waals surface area contributed by atoms with Gasteiger partial charge in [-0.15, -0.1) is 0 Å². The number of carbonyl (C=O) groups is 1. The summed E-state index contributed by atoms with van der Waals surface area (Å²) in [4.78, 5) is 18.5. The molecule has 0 spiro atoms. The zero-order valence-corrected chi connectivity index (χ0v) is 12.9. The van der Waals surface area contributed by atoms with Crippen LogP contribution in [0.3, 0.4) is 0 Å². The third kappa shape index (κ3) is 3.54. The molecule has 4 heteroatoms. The molecule has 116 valence electrons. The minimum atomic E-state index is -0.274. The smallest absolute Gasteiger partial charge is 0.227 e. The van der Waals surface area contributed by atoms with Gasteiger partial charge in [0, 0.05) is 25.2 Å². The number of hydrogen-bond acceptors (Lipinski definition) is 2. The Labute approximate surface area is 134 Å². The Morgan fingerprint density at radius 2 is 1.83 bits per heavy atom. The Morgan fingerprint density at radius 3 is 2.61 bits per heavy atom. The molecule has 0 radical (unpaired) electrons. The topological polar surface area (TPSA) is 33.2 Å². The first-order valence-electron chi connectivity index (χ1n) is 7.44. The Kier molecular flexibility index (Phi) is 4.33. The Hall–Kier alpha value is -2.75. The van der Waals surface area contributed by atoms with Crippen molar-refractivity contribution in [3.63, 3.8) is 0 Å². The van der Waals surface area contributed by atoms with Crippen LogP contribution < -0.4 is 0 Å². The lowest BCUT2D eigenvalue weighted by molar-refractivity contribution is -0.129. The molecule has 3 rings (SSSR count). The largest absolute Gasteiger partial charge is 0.341 e. The van der Waals surface area contributed by atoms with Gasteiger partial charge in [0.2, 0.25) is 5.91 Å². The van der Waals surface area contributed by atoms with E-state index < -0.39 is 0 Å². The molecular formula is C19H17FN2O. The Balaban J connectivity index is 1.74. The fourth-order valence-electron chi connectivity index (χ4n) is 2.56. The quantitative estimate of drug-likeness (QED) is 0.738. The van der Waals surface area contributed by atoms with E-state index in [4.69, 9.17) is 0 Å². The van der Waals surface area contributed by atoms with Crippen LogP contribution in [0.1, 0.15) is 11.1 Å². The van der Waals surface area contributed by atoms with Crippen LogP contribution in [0.4, 0.5) is 4.39 Å². The van der Waals surface area contributed by atoms with Crippen molar-refractivity contribution in [3.05, 3.63) is 77.7 Å². The van der Waals surface area contributed by atoms with E-state index in [9.17, 15) is 9.18 Å². The fraction of sp³-hybridized carbons (Fsp3) is 0.158. The number of benzene rings is 2. The number of halogens is 1. The molecule has 0 atom stereocenters. The van der Waals surface area contributed by atoms with E-state index in [2.05, 4.69) is 4.98 Å². The average Bonchev–Trinajstić information content (AvgIpc) is 2.57. The first kappa shape index (κ1) is 15.2. The van der Waals surface area contributed by atoms with Crippen LogP contribution in [0.5, 0.6) is 0 Å². The summed E-state index contributed by atoms with van der Waals surface area (Å²) < 4.78 is 12.9. The molecular weight excluding hydrogens is 291 g/mol. The summed E-state index contributed by atoms with van der Waals surface area (Å²) in [7, 11) is 1.75. The van der Waals surface area contributed by atoms with Gasteiger partial charge in [-0.2, -0.15) is 0 Å². The normalized spacial score (nSPS) is 10.7. The number of pyridine rings is 1. The van der Waals surface area contributed by atoms with Crippen molar-refractivity contribution in [2.24, 2.45) is 0 Å². The zero-order valence-electron chi connectivity index (χ0n) is 12.9. The lowest BCUT2D eigenvalue weighted by Crippen LogP contribution is -2.27. The van der Waals surface area contributed by atoms with E-state index >= 15 is 0 Å². The highest BCUT2D eigenvalue weighted by molar-refractivity contribution is 5.87. The number of para-hydroxylation sites is 1. The monoisotopic (exact) mass is 308 g/mol. The molecule has 2 aromatic carbocycles. The molecule has 0 saturated heterocycles. The molecule has 0 saturated carbocycles. The van der Waals surface area contributed by atoms with Crippen molar-refractivity contribution >= 4 is 16.8 Å². The van der Waals surface area contributed by atoms with Crippen LogP contribution in [-0.4, -0.2) is 22.8 Å². The van der Waals surface area contributed by atoms with Gasteiger partial charge in [-0.3, -0.25) is 9.78 Å². The highest BCUT2D eigenvalue weighted by Crippen LogP contribution is 2.17. The van der Waals surface area contributed by atoms with Crippen molar-refractivity contribution in [2.45, 2.75) is 13.0 Å². The zero-order chi connectivity index (χ0) is 16.2. The summed E-state index contributed by atoms with van der Waals surface area (Å²) in [6.45, 7) is 0.456. The van der Waals surface area contributed by atoms with Crippen molar-refractivity contribution in [1.82, 2.24) is 9.88 Å².